The first-order valence-corrected chi connectivity index (χ1v) is 6.35. The van der Waals surface area contributed by atoms with Crippen molar-refractivity contribution in [3.8, 4) is 0 Å². The van der Waals surface area contributed by atoms with Gasteiger partial charge in [0.15, 0.2) is 0 Å². The minimum absolute atomic E-state index is 0.0839. The van der Waals surface area contributed by atoms with E-state index in [1.165, 1.54) is 6.07 Å². The van der Waals surface area contributed by atoms with Crippen molar-refractivity contribution in [3.63, 3.8) is 0 Å². The van der Waals surface area contributed by atoms with Crippen molar-refractivity contribution < 1.29 is 10.0 Å². The number of aliphatic hydroxyl groups excluding tert-OH is 1. The van der Waals surface area contributed by atoms with Crippen LogP contribution in [0.4, 0.5) is 17.1 Å². The van der Waals surface area contributed by atoms with Gasteiger partial charge in [-0.15, -0.1) is 0 Å². The van der Waals surface area contributed by atoms with E-state index in [4.69, 9.17) is 11.6 Å². The third-order valence-electron chi connectivity index (χ3n) is 2.84. The molecule has 1 atom stereocenters. The number of nitro benzene ring substituents is 1. The molecule has 1 unspecified atom stereocenters. The molecule has 0 aliphatic rings. The summed E-state index contributed by atoms with van der Waals surface area (Å²) >= 11 is 5.84. The summed E-state index contributed by atoms with van der Waals surface area (Å²) in [5, 5.41) is 23.5. The van der Waals surface area contributed by atoms with E-state index in [0.29, 0.717) is 11.4 Å². The fraction of sp³-hybridized carbons (Fsp3) is 0.143. The van der Waals surface area contributed by atoms with Crippen molar-refractivity contribution in [2.24, 2.45) is 0 Å². The van der Waals surface area contributed by atoms with Gasteiger partial charge < -0.3 is 10.4 Å². The van der Waals surface area contributed by atoms with Crippen molar-refractivity contribution in [3.05, 3.63) is 63.2 Å². The minimum Gasteiger partial charge on any atom is -0.389 e. The summed E-state index contributed by atoms with van der Waals surface area (Å²) in [5.41, 5.74) is 1.62. The van der Waals surface area contributed by atoms with Crippen LogP contribution in [0.1, 0.15) is 18.6 Å². The Hall–Kier alpha value is -2.11. The van der Waals surface area contributed by atoms with E-state index in [1.807, 2.05) is 0 Å². The fourth-order valence-corrected chi connectivity index (χ4v) is 2.05. The highest BCUT2D eigenvalue weighted by Crippen LogP contribution is 2.34. The Morgan fingerprint density at radius 1 is 1.25 bits per heavy atom. The second-order valence-corrected chi connectivity index (χ2v) is 4.72. The zero-order valence-corrected chi connectivity index (χ0v) is 11.5. The van der Waals surface area contributed by atoms with Gasteiger partial charge >= 0.3 is 5.69 Å². The molecule has 2 aromatic carbocycles. The number of nitrogens with one attached hydrogen (secondary N) is 1. The monoisotopic (exact) mass is 292 g/mol. The molecule has 2 rings (SSSR count). The van der Waals surface area contributed by atoms with E-state index in [0.717, 1.165) is 5.56 Å². The molecule has 0 heterocycles. The summed E-state index contributed by atoms with van der Waals surface area (Å²) < 4.78 is 0. The number of hydrogen-bond donors (Lipinski definition) is 2. The number of rotatable bonds is 4. The van der Waals surface area contributed by atoms with Crippen LogP contribution in [0.5, 0.6) is 0 Å². The van der Waals surface area contributed by atoms with Crippen LogP contribution in [0.15, 0.2) is 42.5 Å². The van der Waals surface area contributed by atoms with Crippen molar-refractivity contribution >= 4 is 28.7 Å². The lowest BCUT2D eigenvalue weighted by molar-refractivity contribution is -0.383. The Morgan fingerprint density at radius 2 is 1.90 bits per heavy atom. The summed E-state index contributed by atoms with van der Waals surface area (Å²) in [5.74, 6) is 0. The summed E-state index contributed by atoms with van der Waals surface area (Å²) in [6, 6.07) is 11.7. The number of aliphatic hydroxyl groups is 1. The smallest absolute Gasteiger partial charge is 0.311 e. The predicted molar refractivity (Wildman–Crippen MR) is 78.5 cm³/mol. The van der Waals surface area contributed by atoms with E-state index in [9.17, 15) is 15.2 Å². The molecule has 104 valence electrons. The van der Waals surface area contributed by atoms with Gasteiger partial charge in [-0.3, -0.25) is 10.1 Å². The molecule has 0 saturated heterocycles. The normalized spacial score (nSPS) is 11.9. The van der Waals surface area contributed by atoms with Crippen LogP contribution in [-0.2, 0) is 0 Å². The molecule has 0 spiro atoms. The first-order valence-electron chi connectivity index (χ1n) is 5.97. The van der Waals surface area contributed by atoms with Gasteiger partial charge in [0.2, 0.25) is 0 Å². The predicted octanol–water partition coefficient (Wildman–Crippen LogP) is 4.05. The molecule has 20 heavy (non-hydrogen) atoms. The van der Waals surface area contributed by atoms with Crippen LogP contribution in [0, 0.1) is 10.1 Å². The number of anilines is 2. The number of para-hydroxylation sites is 1. The number of benzene rings is 2. The molecule has 2 aromatic rings. The van der Waals surface area contributed by atoms with E-state index in [-0.39, 0.29) is 10.7 Å². The van der Waals surface area contributed by atoms with Gasteiger partial charge in [-0.2, -0.15) is 0 Å². The molecule has 0 fully saturated rings. The number of halogens is 1. The van der Waals surface area contributed by atoms with Gasteiger partial charge in [-0.25, -0.2) is 0 Å². The summed E-state index contributed by atoms with van der Waals surface area (Å²) in [4.78, 5) is 10.5. The van der Waals surface area contributed by atoms with Gasteiger partial charge in [0.05, 0.1) is 11.0 Å². The number of nitro groups is 1. The number of hydrogen-bond acceptors (Lipinski definition) is 4. The molecule has 0 aliphatic carbocycles. The van der Waals surface area contributed by atoms with Gasteiger partial charge in [-0.1, -0.05) is 29.8 Å². The SMILES string of the molecule is CC(O)c1ccc(Nc2cccc(Cl)c2[N+](=O)[O-])cc1. The summed E-state index contributed by atoms with van der Waals surface area (Å²) in [7, 11) is 0. The van der Waals surface area contributed by atoms with Crippen molar-refractivity contribution in [1.29, 1.82) is 0 Å². The molecular formula is C14H13ClN2O3. The van der Waals surface area contributed by atoms with E-state index in [2.05, 4.69) is 5.32 Å². The molecule has 6 heteroatoms. The van der Waals surface area contributed by atoms with Gasteiger partial charge in [0.1, 0.15) is 10.7 Å². The lowest BCUT2D eigenvalue weighted by Gasteiger charge is -2.09. The topological polar surface area (TPSA) is 75.4 Å². The Balaban J connectivity index is 2.30. The maximum absolute atomic E-state index is 11.0. The molecule has 0 aliphatic heterocycles. The maximum atomic E-state index is 11.0. The van der Waals surface area contributed by atoms with Gasteiger partial charge in [0, 0.05) is 5.69 Å². The lowest BCUT2D eigenvalue weighted by atomic mass is 10.1. The van der Waals surface area contributed by atoms with Crippen LogP contribution in [-0.4, -0.2) is 10.0 Å². The average molecular weight is 293 g/mol. The quantitative estimate of drug-likeness (QED) is 0.658. The fourth-order valence-electron chi connectivity index (χ4n) is 1.80. The number of nitrogens with zero attached hydrogens (tertiary/aromatic N) is 1. The molecule has 0 bridgehead atoms. The highest BCUT2D eigenvalue weighted by molar-refractivity contribution is 6.33. The van der Waals surface area contributed by atoms with Crippen LogP contribution in [0.25, 0.3) is 0 Å². The first kappa shape index (κ1) is 14.3. The standard InChI is InChI=1S/C14H13ClN2O3/c1-9(18)10-5-7-11(8-6-10)16-13-4-2-3-12(15)14(13)17(19)20/h2-9,16,18H,1H3. The molecule has 0 saturated carbocycles. The van der Waals surface area contributed by atoms with Crippen LogP contribution < -0.4 is 5.32 Å². The zero-order valence-electron chi connectivity index (χ0n) is 10.7. The van der Waals surface area contributed by atoms with Crippen LogP contribution in [0.2, 0.25) is 5.02 Å². The zero-order chi connectivity index (χ0) is 14.7. The highest BCUT2D eigenvalue weighted by atomic mass is 35.5. The first-order chi connectivity index (χ1) is 9.49. The Kier molecular flexibility index (Phi) is 4.22. The Labute approximate surface area is 121 Å². The van der Waals surface area contributed by atoms with Crippen molar-refractivity contribution in [2.45, 2.75) is 13.0 Å². The van der Waals surface area contributed by atoms with Gasteiger partial charge in [0.25, 0.3) is 0 Å². The molecule has 5 nitrogen and oxygen atoms in total. The van der Waals surface area contributed by atoms with Crippen molar-refractivity contribution in [2.75, 3.05) is 5.32 Å². The molecule has 0 radical (unpaired) electrons. The third kappa shape index (κ3) is 3.07. The van der Waals surface area contributed by atoms with E-state index in [1.54, 1.807) is 43.3 Å². The molecule has 2 N–H and O–H groups in total. The van der Waals surface area contributed by atoms with Crippen molar-refractivity contribution in [1.82, 2.24) is 0 Å². The third-order valence-corrected chi connectivity index (χ3v) is 3.15. The Morgan fingerprint density at radius 3 is 2.45 bits per heavy atom. The van der Waals surface area contributed by atoms with E-state index < -0.39 is 11.0 Å². The van der Waals surface area contributed by atoms with Gasteiger partial charge in [-0.05, 0) is 36.8 Å². The highest BCUT2D eigenvalue weighted by Gasteiger charge is 2.18. The van der Waals surface area contributed by atoms with E-state index >= 15 is 0 Å². The average Bonchev–Trinajstić information content (AvgIpc) is 2.39. The molecule has 0 aromatic heterocycles. The summed E-state index contributed by atoms with van der Waals surface area (Å²) in [6.45, 7) is 1.67. The second-order valence-electron chi connectivity index (χ2n) is 4.32. The lowest BCUT2D eigenvalue weighted by Crippen LogP contribution is -1.98. The maximum Gasteiger partial charge on any atom is 0.311 e. The summed E-state index contributed by atoms with van der Waals surface area (Å²) in [6.07, 6.45) is -0.551. The minimum atomic E-state index is -0.551. The van der Waals surface area contributed by atoms with Crippen LogP contribution in [0.3, 0.4) is 0 Å². The molecule has 0 amide bonds. The second kappa shape index (κ2) is 5.90. The molecular weight excluding hydrogens is 280 g/mol. The largest absolute Gasteiger partial charge is 0.389 e. The Bertz CT molecular complexity index is 627. The van der Waals surface area contributed by atoms with Crippen LogP contribution >= 0.6 is 11.6 Å².